The van der Waals surface area contributed by atoms with Crippen LogP contribution >= 0.6 is 0 Å². The number of ether oxygens (including phenoxy) is 2. The van der Waals surface area contributed by atoms with Crippen LogP contribution < -0.4 is 14.8 Å². The number of nitrogens with one attached hydrogen (secondary N) is 1. The van der Waals surface area contributed by atoms with Crippen LogP contribution in [0.5, 0.6) is 11.5 Å². The second-order valence-corrected chi connectivity index (χ2v) is 6.35. The van der Waals surface area contributed by atoms with Gasteiger partial charge in [-0.2, -0.15) is 5.10 Å². The van der Waals surface area contributed by atoms with Crippen molar-refractivity contribution in [3.63, 3.8) is 0 Å². The molecule has 3 aromatic rings. The lowest BCUT2D eigenvalue weighted by molar-refractivity contribution is 0.102. The van der Waals surface area contributed by atoms with Crippen molar-refractivity contribution < 1.29 is 18.7 Å². The summed E-state index contributed by atoms with van der Waals surface area (Å²) in [7, 11) is 3.05. The third kappa shape index (κ3) is 3.98. The summed E-state index contributed by atoms with van der Waals surface area (Å²) in [5.41, 5.74) is 2.92. The Labute approximate surface area is 162 Å². The van der Waals surface area contributed by atoms with Crippen molar-refractivity contribution in [2.75, 3.05) is 19.5 Å². The Balaban J connectivity index is 1.86. The third-order valence-electron chi connectivity index (χ3n) is 4.51. The molecular weight excluding hydrogens is 361 g/mol. The summed E-state index contributed by atoms with van der Waals surface area (Å²) < 4.78 is 26.1. The van der Waals surface area contributed by atoms with Crippen LogP contribution in [-0.4, -0.2) is 29.9 Å². The third-order valence-corrected chi connectivity index (χ3v) is 4.51. The Hall–Kier alpha value is -3.35. The zero-order chi connectivity index (χ0) is 20.3. The molecule has 0 unspecified atom stereocenters. The van der Waals surface area contributed by atoms with Gasteiger partial charge in [-0.3, -0.25) is 9.48 Å². The van der Waals surface area contributed by atoms with Crippen LogP contribution in [0.4, 0.5) is 10.1 Å². The van der Waals surface area contributed by atoms with Gasteiger partial charge in [-0.05, 0) is 32.0 Å². The van der Waals surface area contributed by atoms with Crippen LogP contribution in [0.25, 0.3) is 0 Å². The van der Waals surface area contributed by atoms with Crippen molar-refractivity contribution in [1.82, 2.24) is 9.78 Å². The Morgan fingerprint density at radius 1 is 1.11 bits per heavy atom. The normalized spacial score (nSPS) is 10.6. The molecular formula is C21H22FN3O3. The Bertz CT molecular complexity index is 992. The number of hydrogen-bond acceptors (Lipinski definition) is 4. The molecule has 1 amide bonds. The maximum Gasteiger partial charge on any atom is 0.256 e. The van der Waals surface area contributed by atoms with Gasteiger partial charge in [-0.1, -0.05) is 18.2 Å². The number of rotatable bonds is 6. The van der Waals surface area contributed by atoms with Crippen LogP contribution in [0.3, 0.4) is 0 Å². The van der Waals surface area contributed by atoms with E-state index in [1.807, 2.05) is 6.92 Å². The first-order valence-electron chi connectivity index (χ1n) is 8.74. The highest BCUT2D eigenvalue weighted by Gasteiger charge is 2.17. The number of halogens is 1. The Morgan fingerprint density at radius 2 is 1.75 bits per heavy atom. The van der Waals surface area contributed by atoms with E-state index in [4.69, 9.17) is 9.47 Å². The highest BCUT2D eigenvalue weighted by molar-refractivity contribution is 6.05. The van der Waals surface area contributed by atoms with E-state index in [1.165, 1.54) is 20.3 Å². The van der Waals surface area contributed by atoms with E-state index in [-0.39, 0.29) is 18.3 Å². The SMILES string of the molecule is COc1cc(OC)cc(C(=O)Nc2c(C)nn(Cc3ccccc3F)c2C)c1. The number of benzene rings is 2. The number of hydrogen-bond donors (Lipinski definition) is 1. The minimum atomic E-state index is -0.311. The maximum absolute atomic E-state index is 14.0. The average molecular weight is 383 g/mol. The molecule has 7 heteroatoms. The van der Waals surface area contributed by atoms with Gasteiger partial charge < -0.3 is 14.8 Å². The molecule has 146 valence electrons. The second kappa shape index (κ2) is 8.12. The minimum Gasteiger partial charge on any atom is -0.497 e. The van der Waals surface area contributed by atoms with Gasteiger partial charge in [0.25, 0.3) is 5.91 Å². The van der Waals surface area contributed by atoms with E-state index >= 15 is 0 Å². The van der Waals surface area contributed by atoms with E-state index in [1.54, 1.807) is 48.0 Å². The molecule has 2 aromatic carbocycles. The van der Waals surface area contributed by atoms with Crippen LogP contribution in [-0.2, 0) is 6.54 Å². The largest absolute Gasteiger partial charge is 0.497 e. The number of carbonyl (C=O) groups is 1. The fraction of sp³-hybridized carbons (Fsp3) is 0.238. The zero-order valence-corrected chi connectivity index (χ0v) is 16.2. The standard InChI is InChI=1S/C21H22FN3O3/c1-13-20(14(2)25(24-13)12-15-7-5-6-8-19(15)22)23-21(26)16-9-17(27-3)11-18(10-16)28-4/h5-11H,12H2,1-4H3,(H,23,26). The molecule has 0 radical (unpaired) electrons. The van der Waals surface area contributed by atoms with Gasteiger partial charge in [0, 0.05) is 17.2 Å². The molecule has 0 atom stereocenters. The van der Waals surface area contributed by atoms with Crippen molar-refractivity contribution >= 4 is 11.6 Å². The lowest BCUT2D eigenvalue weighted by Crippen LogP contribution is -2.14. The molecule has 0 spiro atoms. The number of carbonyl (C=O) groups excluding carboxylic acids is 1. The first kappa shape index (κ1) is 19.4. The molecule has 0 aliphatic rings. The highest BCUT2D eigenvalue weighted by Crippen LogP contribution is 2.25. The molecule has 6 nitrogen and oxygen atoms in total. The van der Waals surface area contributed by atoms with Crippen molar-refractivity contribution in [3.8, 4) is 11.5 Å². The van der Waals surface area contributed by atoms with Crippen LogP contribution in [0.1, 0.15) is 27.3 Å². The van der Waals surface area contributed by atoms with Crippen LogP contribution in [0.2, 0.25) is 0 Å². The van der Waals surface area contributed by atoms with Gasteiger partial charge >= 0.3 is 0 Å². The predicted octanol–water partition coefficient (Wildman–Crippen LogP) is 3.96. The zero-order valence-electron chi connectivity index (χ0n) is 16.2. The smallest absolute Gasteiger partial charge is 0.256 e. The highest BCUT2D eigenvalue weighted by atomic mass is 19.1. The topological polar surface area (TPSA) is 65.4 Å². The molecule has 0 aliphatic heterocycles. The van der Waals surface area contributed by atoms with Crippen molar-refractivity contribution in [3.05, 3.63) is 70.8 Å². The monoisotopic (exact) mass is 383 g/mol. The van der Waals surface area contributed by atoms with E-state index < -0.39 is 0 Å². The molecule has 0 fully saturated rings. The molecule has 0 aliphatic carbocycles. The lowest BCUT2D eigenvalue weighted by Gasteiger charge is -2.10. The first-order chi connectivity index (χ1) is 13.4. The number of methoxy groups -OCH3 is 2. The first-order valence-corrected chi connectivity index (χ1v) is 8.74. The van der Waals surface area contributed by atoms with Gasteiger partial charge in [0.1, 0.15) is 17.3 Å². The number of nitrogens with zero attached hydrogens (tertiary/aromatic N) is 2. The lowest BCUT2D eigenvalue weighted by atomic mass is 10.1. The van der Waals surface area contributed by atoms with Crippen molar-refractivity contribution in [1.29, 1.82) is 0 Å². The summed E-state index contributed by atoms with van der Waals surface area (Å²) in [6, 6.07) is 11.5. The quantitative estimate of drug-likeness (QED) is 0.700. The molecule has 3 rings (SSSR count). The molecule has 0 bridgehead atoms. The van der Waals surface area contributed by atoms with Crippen LogP contribution in [0.15, 0.2) is 42.5 Å². The molecule has 0 saturated carbocycles. The summed E-state index contributed by atoms with van der Waals surface area (Å²) in [6.07, 6.45) is 0. The molecule has 1 N–H and O–H groups in total. The van der Waals surface area contributed by atoms with Gasteiger partial charge in [-0.25, -0.2) is 4.39 Å². The van der Waals surface area contributed by atoms with Crippen LogP contribution in [0, 0.1) is 19.7 Å². The fourth-order valence-corrected chi connectivity index (χ4v) is 2.94. The number of aromatic nitrogens is 2. The molecule has 1 aromatic heterocycles. The fourth-order valence-electron chi connectivity index (χ4n) is 2.94. The number of aryl methyl sites for hydroxylation is 1. The Morgan fingerprint density at radius 3 is 2.36 bits per heavy atom. The Kier molecular flexibility index (Phi) is 5.63. The van der Waals surface area contributed by atoms with Gasteiger partial charge in [0.05, 0.1) is 37.8 Å². The van der Waals surface area contributed by atoms with Gasteiger partial charge in [0.15, 0.2) is 0 Å². The maximum atomic E-state index is 14.0. The molecule has 0 saturated heterocycles. The van der Waals surface area contributed by atoms with E-state index in [0.29, 0.717) is 34.0 Å². The second-order valence-electron chi connectivity index (χ2n) is 6.35. The van der Waals surface area contributed by atoms with Crippen molar-refractivity contribution in [2.24, 2.45) is 0 Å². The number of anilines is 1. The molecule has 28 heavy (non-hydrogen) atoms. The summed E-state index contributed by atoms with van der Waals surface area (Å²) in [4.78, 5) is 12.8. The summed E-state index contributed by atoms with van der Waals surface area (Å²) in [6.45, 7) is 3.91. The van der Waals surface area contributed by atoms with E-state index in [2.05, 4.69) is 10.4 Å². The molecule has 1 heterocycles. The average Bonchev–Trinajstić information content (AvgIpc) is 2.96. The summed E-state index contributed by atoms with van der Waals surface area (Å²) in [5, 5.41) is 7.34. The predicted molar refractivity (Wildman–Crippen MR) is 105 cm³/mol. The summed E-state index contributed by atoms with van der Waals surface area (Å²) in [5.74, 6) is 0.444. The number of amides is 1. The van der Waals surface area contributed by atoms with Crippen molar-refractivity contribution in [2.45, 2.75) is 20.4 Å². The van der Waals surface area contributed by atoms with E-state index in [9.17, 15) is 9.18 Å². The summed E-state index contributed by atoms with van der Waals surface area (Å²) >= 11 is 0. The van der Waals surface area contributed by atoms with Gasteiger partial charge in [-0.15, -0.1) is 0 Å². The van der Waals surface area contributed by atoms with E-state index in [0.717, 1.165) is 5.69 Å². The van der Waals surface area contributed by atoms with Gasteiger partial charge in [0.2, 0.25) is 0 Å². The minimum absolute atomic E-state index is 0.280.